The first kappa shape index (κ1) is 15.3. The predicted octanol–water partition coefficient (Wildman–Crippen LogP) is 3.40. The molecule has 110 valence electrons. The normalized spacial score (nSPS) is 10.8. The highest BCUT2D eigenvalue weighted by Crippen LogP contribution is 2.17. The number of nitrogens with zero attached hydrogens (tertiary/aromatic N) is 1. The maximum absolute atomic E-state index is 13.4. The molecule has 0 amide bonds. The molecule has 0 spiro atoms. The zero-order chi connectivity index (χ0) is 15.9. The quantitative estimate of drug-likeness (QED) is 0.678. The number of halogens is 1. The second-order valence-corrected chi connectivity index (χ2v) is 4.42. The molecular weight excluding hydrogens is 285 g/mol. The van der Waals surface area contributed by atoms with Gasteiger partial charge in [0.2, 0.25) is 0 Å². The van der Waals surface area contributed by atoms with Crippen molar-refractivity contribution in [3.05, 3.63) is 71.0 Å². The highest BCUT2D eigenvalue weighted by molar-refractivity contribution is 5.96. The van der Waals surface area contributed by atoms with E-state index in [1.54, 1.807) is 48.5 Å². The smallest absolute Gasteiger partial charge is 0.346 e. The van der Waals surface area contributed by atoms with Crippen LogP contribution >= 0.6 is 0 Å². The van der Waals surface area contributed by atoms with Crippen molar-refractivity contribution < 1.29 is 19.0 Å². The lowest BCUT2D eigenvalue weighted by Crippen LogP contribution is -1.98. The number of nitriles is 1. The summed E-state index contributed by atoms with van der Waals surface area (Å²) in [7, 11) is 0. The van der Waals surface area contributed by atoms with Crippen molar-refractivity contribution in [2.24, 2.45) is 0 Å². The molecule has 0 aliphatic heterocycles. The van der Waals surface area contributed by atoms with Crippen LogP contribution in [0.4, 0.5) is 4.39 Å². The van der Waals surface area contributed by atoms with Crippen molar-refractivity contribution in [1.29, 1.82) is 5.26 Å². The van der Waals surface area contributed by atoms with Crippen molar-refractivity contribution in [2.45, 2.75) is 6.61 Å². The molecule has 0 fully saturated rings. The summed E-state index contributed by atoms with van der Waals surface area (Å²) in [4.78, 5) is 10.7. The van der Waals surface area contributed by atoms with Crippen LogP contribution in [0.25, 0.3) is 6.08 Å². The summed E-state index contributed by atoms with van der Waals surface area (Å²) in [5.74, 6) is -1.08. The van der Waals surface area contributed by atoms with Crippen LogP contribution in [0.1, 0.15) is 11.1 Å². The highest BCUT2D eigenvalue weighted by atomic mass is 19.1. The van der Waals surface area contributed by atoms with Gasteiger partial charge >= 0.3 is 5.97 Å². The average Bonchev–Trinajstić information content (AvgIpc) is 2.52. The second kappa shape index (κ2) is 7.04. The molecule has 2 aromatic carbocycles. The third kappa shape index (κ3) is 3.93. The molecule has 0 aromatic heterocycles. The molecule has 0 radical (unpaired) electrons. The van der Waals surface area contributed by atoms with E-state index in [0.29, 0.717) is 16.9 Å². The summed E-state index contributed by atoms with van der Waals surface area (Å²) in [6.45, 7) is 0.0976. The zero-order valence-electron chi connectivity index (χ0n) is 11.5. The Labute approximate surface area is 126 Å². The van der Waals surface area contributed by atoms with Crippen LogP contribution in [-0.2, 0) is 11.4 Å². The Kier molecular flexibility index (Phi) is 4.89. The monoisotopic (exact) mass is 297 g/mol. The highest BCUT2D eigenvalue weighted by Gasteiger charge is 2.06. The molecule has 1 N–H and O–H groups in total. The fraction of sp³-hybridized carbons (Fsp3) is 0.0588. The summed E-state index contributed by atoms with van der Waals surface area (Å²) < 4.78 is 18.9. The van der Waals surface area contributed by atoms with Gasteiger partial charge in [-0.1, -0.05) is 30.3 Å². The lowest BCUT2D eigenvalue weighted by atomic mass is 10.1. The molecule has 5 heteroatoms. The van der Waals surface area contributed by atoms with Crippen molar-refractivity contribution in [3.63, 3.8) is 0 Å². The Balaban J connectivity index is 2.05. The van der Waals surface area contributed by atoms with Crippen molar-refractivity contribution in [1.82, 2.24) is 0 Å². The van der Waals surface area contributed by atoms with E-state index < -0.39 is 5.97 Å². The number of ether oxygens (including phenoxy) is 1. The largest absolute Gasteiger partial charge is 0.489 e. The molecule has 0 saturated carbocycles. The minimum absolute atomic E-state index is 0.0976. The van der Waals surface area contributed by atoms with Gasteiger partial charge in [0.15, 0.2) is 0 Å². The number of carboxylic acid groups (broad SMARTS) is 1. The van der Waals surface area contributed by atoms with E-state index >= 15 is 0 Å². The first-order valence-corrected chi connectivity index (χ1v) is 6.41. The Bertz CT molecular complexity index is 745. The molecule has 2 rings (SSSR count). The number of rotatable bonds is 5. The molecule has 2 aromatic rings. The minimum atomic E-state index is -1.28. The van der Waals surface area contributed by atoms with Crippen LogP contribution in [0.5, 0.6) is 5.75 Å². The summed E-state index contributed by atoms with van der Waals surface area (Å²) in [6.07, 6.45) is 1.27. The topological polar surface area (TPSA) is 70.3 Å². The summed E-state index contributed by atoms with van der Waals surface area (Å²) in [5, 5.41) is 17.5. The minimum Gasteiger partial charge on any atom is -0.489 e. The standard InChI is InChI=1S/C17H12FNO3/c18-16-4-2-1-3-13(16)11-22-15-7-5-12(6-8-15)9-14(10-19)17(20)21/h1-9H,11H2,(H,20,21). The molecule has 0 bridgehead atoms. The summed E-state index contributed by atoms with van der Waals surface area (Å²) in [6, 6.07) is 14.4. The Morgan fingerprint density at radius 1 is 1.23 bits per heavy atom. The van der Waals surface area contributed by atoms with E-state index in [1.165, 1.54) is 12.1 Å². The molecule has 0 aliphatic carbocycles. The lowest BCUT2D eigenvalue weighted by molar-refractivity contribution is -0.132. The van der Waals surface area contributed by atoms with E-state index in [4.69, 9.17) is 15.1 Å². The van der Waals surface area contributed by atoms with E-state index in [0.717, 1.165) is 0 Å². The van der Waals surface area contributed by atoms with E-state index in [9.17, 15) is 9.18 Å². The van der Waals surface area contributed by atoms with Gasteiger partial charge < -0.3 is 9.84 Å². The summed E-state index contributed by atoms with van der Waals surface area (Å²) >= 11 is 0. The average molecular weight is 297 g/mol. The number of carboxylic acids is 1. The van der Waals surface area contributed by atoms with Gasteiger partial charge in [0.25, 0.3) is 0 Å². The maximum Gasteiger partial charge on any atom is 0.346 e. The van der Waals surface area contributed by atoms with E-state index in [1.807, 2.05) is 0 Å². The first-order valence-electron chi connectivity index (χ1n) is 6.41. The molecule has 0 heterocycles. The van der Waals surface area contributed by atoms with Crippen LogP contribution in [0.3, 0.4) is 0 Å². The van der Waals surface area contributed by atoms with E-state index in [2.05, 4.69) is 0 Å². The van der Waals surface area contributed by atoms with Gasteiger partial charge in [-0.15, -0.1) is 0 Å². The van der Waals surface area contributed by atoms with Gasteiger partial charge in [-0.25, -0.2) is 9.18 Å². The van der Waals surface area contributed by atoms with Crippen LogP contribution in [0.15, 0.2) is 54.1 Å². The summed E-state index contributed by atoms with van der Waals surface area (Å²) in [5.41, 5.74) is 0.668. The van der Waals surface area contributed by atoms with Gasteiger partial charge in [-0.3, -0.25) is 0 Å². The Morgan fingerprint density at radius 3 is 2.50 bits per heavy atom. The SMILES string of the molecule is N#CC(=Cc1ccc(OCc2ccccc2F)cc1)C(=O)O. The first-order chi connectivity index (χ1) is 10.6. The Morgan fingerprint density at radius 2 is 1.91 bits per heavy atom. The maximum atomic E-state index is 13.4. The number of hydrogen-bond acceptors (Lipinski definition) is 3. The molecule has 0 atom stereocenters. The van der Waals surface area contributed by atoms with Crippen LogP contribution in [0, 0.1) is 17.1 Å². The number of carbonyl (C=O) groups is 1. The lowest BCUT2D eigenvalue weighted by Gasteiger charge is -2.07. The van der Waals surface area contributed by atoms with Crippen molar-refractivity contribution in [3.8, 4) is 11.8 Å². The fourth-order valence-electron chi connectivity index (χ4n) is 1.75. The van der Waals surface area contributed by atoms with Crippen LogP contribution in [0.2, 0.25) is 0 Å². The third-order valence-corrected chi connectivity index (χ3v) is 2.89. The molecule has 0 unspecified atom stereocenters. The van der Waals surface area contributed by atoms with Gasteiger partial charge in [0.05, 0.1) is 0 Å². The number of benzene rings is 2. The fourth-order valence-corrected chi connectivity index (χ4v) is 1.75. The molecular formula is C17H12FNO3. The molecule has 0 aliphatic rings. The Hall–Kier alpha value is -3.13. The van der Waals surface area contributed by atoms with Gasteiger partial charge in [0.1, 0.15) is 29.8 Å². The molecule has 0 saturated heterocycles. The van der Waals surface area contributed by atoms with Crippen LogP contribution < -0.4 is 4.74 Å². The molecule has 22 heavy (non-hydrogen) atoms. The zero-order valence-corrected chi connectivity index (χ0v) is 11.5. The van der Waals surface area contributed by atoms with Gasteiger partial charge in [-0.2, -0.15) is 5.26 Å². The molecule has 4 nitrogen and oxygen atoms in total. The van der Waals surface area contributed by atoms with E-state index in [-0.39, 0.29) is 18.0 Å². The number of hydrogen-bond donors (Lipinski definition) is 1. The van der Waals surface area contributed by atoms with Crippen molar-refractivity contribution >= 4 is 12.0 Å². The second-order valence-electron chi connectivity index (χ2n) is 4.42. The van der Waals surface area contributed by atoms with Gasteiger partial charge in [-0.05, 0) is 29.8 Å². The predicted molar refractivity (Wildman–Crippen MR) is 78.4 cm³/mol. The van der Waals surface area contributed by atoms with Crippen LogP contribution in [-0.4, -0.2) is 11.1 Å². The van der Waals surface area contributed by atoms with Gasteiger partial charge in [0, 0.05) is 5.56 Å². The van der Waals surface area contributed by atoms with Crippen molar-refractivity contribution in [2.75, 3.05) is 0 Å². The number of aliphatic carboxylic acids is 1. The third-order valence-electron chi connectivity index (χ3n) is 2.89.